The maximum Gasteiger partial charge on any atom is 0.195 e. The zero-order valence-corrected chi connectivity index (χ0v) is 10.6. The molecule has 0 heterocycles. The molecule has 2 aromatic rings. The average Bonchev–Trinajstić information content (AvgIpc) is 2.26. The summed E-state index contributed by atoms with van der Waals surface area (Å²) < 4.78 is 26.2. The number of ketones is 1. The zero-order chi connectivity index (χ0) is 14.2. The Balaban J connectivity index is 2.56. The summed E-state index contributed by atoms with van der Waals surface area (Å²) in [5.41, 5.74) is 7.42. The largest absolute Gasteiger partial charge is 0.398 e. The van der Waals surface area contributed by atoms with Crippen LogP contribution in [0, 0.1) is 25.5 Å². The Kier molecular flexibility index (Phi) is 3.34. The van der Waals surface area contributed by atoms with Crippen LogP contribution in [0.4, 0.5) is 14.5 Å². The van der Waals surface area contributed by atoms with Gasteiger partial charge in [0.15, 0.2) is 5.78 Å². The summed E-state index contributed by atoms with van der Waals surface area (Å²) in [6.45, 7) is 3.31. The van der Waals surface area contributed by atoms with E-state index < -0.39 is 11.6 Å². The van der Waals surface area contributed by atoms with Gasteiger partial charge >= 0.3 is 0 Å². The summed E-state index contributed by atoms with van der Waals surface area (Å²) in [7, 11) is 0. The van der Waals surface area contributed by atoms with Gasteiger partial charge in [0.1, 0.15) is 11.6 Å². The lowest BCUT2D eigenvalue weighted by Gasteiger charge is -2.11. The first kappa shape index (κ1) is 13.2. The highest BCUT2D eigenvalue weighted by atomic mass is 19.1. The quantitative estimate of drug-likeness (QED) is 0.665. The van der Waals surface area contributed by atoms with Crippen molar-refractivity contribution in [3.63, 3.8) is 0 Å². The van der Waals surface area contributed by atoms with Crippen molar-refractivity contribution in [3.05, 3.63) is 64.2 Å². The number of nitrogens with two attached hydrogens (primary N) is 1. The Bertz CT molecular complexity index is 642. The van der Waals surface area contributed by atoms with E-state index in [4.69, 9.17) is 5.73 Å². The maximum atomic E-state index is 13.2. The molecule has 0 aromatic heterocycles. The van der Waals surface area contributed by atoms with Gasteiger partial charge in [0, 0.05) is 16.8 Å². The van der Waals surface area contributed by atoms with Gasteiger partial charge in [0.25, 0.3) is 0 Å². The second-order valence-electron chi connectivity index (χ2n) is 4.48. The van der Waals surface area contributed by atoms with Crippen molar-refractivity contribution in [1.29, 1.82) is 0 Å². The molecule has 0 saturated carbocycles. The lowest BCUT2D eigenvalue weighted by atomic mass is 9.94. The third-order valence-electron chi connectivity index (χ3n) is 2.98. The van der Waals surface area contributed by atoms with Gasteiger partial charge in [-0.1, -0.05) is 0 Å². The van der Waals surface area contributed by atoms with Gasteiger partial charge in [-0.2, -0.15) is 0 Å². The molecule has 2 rings (SSSR count). The van der Waals surface area contributed by atoms with E-state index in [0.29, 0.717) is 16.7 Å². The van der Waals surface area contributed by atoms with Crippen molar-refractivity contribution in [2.24, 2.45) is 0 Å². The van der Waals surface area contributed by atoms with Crippen LogP contribution in [-0.2, 0) is 0 Å². The van der Waals surface area contributed by atoms with Crippen LogP contribution < -0.4 is 5.73 Å². The molecule has 98 valence electrons. The van der Waals surface area contributed by atoms with E-state index in [1.807, 2.05) is 0 Å². The number of carbonyl (C=O) groups excluding carboxylic acids is 1. The molecule has 0 aliphatic rings. The summed E-state index contributed by atoms with van der Waals surface area (Å²) in [6, 6.07) is 6.20. The van der Waals surface area contributed by atoms with Crippen LogP contribution >= 0.6 is 0 Å². The lowest BCUT2D eigenvalue weighted by molar-refractivity contribution is 0.103. The first-order valence-electron chi connectivity index (χ1n) is 5.76. The second kappa shape index (κ2) is 4.80. The lowest BCUT2D eigenvalue weighted by Crippen LogP contribution is -2.09. The van der Waals surface area contributed by atoms with E-state index in [0.717, 1.165) is 6.07 Å². The van der Waals surface area contributed by atoms with Crippen molar-refractivity contribution in [3.8, 4) is 0 Å². The van der Waals surface area contributed by atoms with E-state index in [1.54, 1.807) is 13.8 Å². The topological polar surface area (TPSA) is 43.1 Å². The maximum absolute atomic E-state index is 13.2. The summed E-state index contributed by atoms with van der Waals surface area (Å²) in [4.78, 5) is 12.4. The molecule has 19 heavy (non-hydrogen) atoms. The van der Waals surface area contributed by atoms with Gasteiger partial charge < -0.3 is 5.73 Å². The number of anilines is 1. The Morgan fingerprint density at radius 2 is 1.58 bits per heavy atom. The van der Waals surface area contributed by atoms with Crippen LogP contribution in [0.15, 0.2) is 30.3 Å². The van der Waals surface area contributed by atoms with Crippen LogP contribution in [0.3, 0.4) is 0 Å². The average molecular weight is 261 g/mol. The van der Waals surface area contributed by atoms with Crippen molar-refractivity contribution in [1.82, 2.24) is 0 Å². The van der Waals surface area contributed by atoms with E-state index in [1.165, 1.54) is 24.3 Å². The molecule has 0 atom stereocenters. The minimum Gasteiger partial charge on any atom is -0.398 e. The fourth-order valence-corrected chi connectivity index (χ4v) is 2.14. The molecule has 0 bridgehead atoms. The Hall–Kier alpha value is -2.23. The monoisotopic (exact) mass is 261 g/mol. The summed E-state index contributed by atoms with van der Waals surface area (Å²) >= 11 is 0. The van der Waals surface area contributed by atoms with Gasteiger partial charge in [0.05, 0.1) is 0 Å². The molecule has 0 spiro atoms. The normalized spacial score (nSPS) is 10.5. The molecule has 2 nitrogen and oxygen atoms in total. The second-order valence-corrected chi connectivity index (χ2v) is 4.48. The number of halogens is 2. The number of rotatable bonds is 2. The van der Waals surface area contributed by atoms with Crippen LogP contribution in [-0.4, -0.2) is 5.78 Å². The molecule has 0 aliphatic heterocycles. The molecule has 2 aromatic carbocycles. The third kappa shape index (κ3) is 2.47. The molecule has 0 aliphatic carbocycles. The molecule has 0 amide bonds. The van der Waals surface area contributed by atoms with Crippen LogP contribution in [0.25, 0.3) is 0 Å². The number of hydrogen-bond donors (Lipinski definition) is 1. The summed E-state index contributed by atoms with van der Waals surface area (Å²) in [5, 5.41) is 0. The number of hydrogen-bond acceptors (Lipinski definition) is 2. The molecular weight excluding hydrogens is 248 g/mol. The van der Waals surface area contributed by atoms with Crippen molar-refractivity contribution < 1.29 is 13.6 Å². The fourth-order valence-electron chi connectivity index (χ4n) is 2.14. The molecule has 2 N–H and O–H groups in total. The standard InChI is InChI=1S/C15H13F2NO/c1-8-5-11(17)6-9(2)14(8)15(19)12-4-3-10(16)7-13(12)18/h3-7H,18H2,1-2H3. The highest BCUT2D eigenvalue weighted by Crippen LogP contribution is 2.23. The van der Waals surface area contributed by atoms with E-state index in [-0.39, 0.29) is 17.0 Å². The molecule has 0 radical (unpaired) electrons. The smallest absolute Gasteiger partial charge is 0.195 e. The summed E-state index contributed by atoms with van der Waals surface area (Å²) in [6.07, 6.45) is 0. The van der Waals surface area contributed by atoms with Crippen LogP contribution in [0.5, 0.6) is 0 Å². The van der Waals surface area contributed by atoms with Crippen molar-refractivity contribution in [2.75, 3.05) is 5.73 Å². The molecule has 0 unspecified atom stereocenters. The SMILES string of the molecule is Cc1cc(F)cc(C)c1C(=O)c1ccc(F)cc1N. The van der Waals surface area contributed by atoms with Crippen molar-refractivity contribution in [2.45, 2.75) is 13.8 Å². The Morgan fingerprint density at radius 3 is 2.11 bits per heavy atom. The van der Waals surface area contributed by atoms with Crippen molar-refractivity contribution >= 4 is 11.5 Å². The van der Waals surface area contributed by atoms with Gasteiger partial charge in [-0.3, -0.25) is 4.79 Å². The fraction of sp³-hybridized carbons (Fsp3) is 0.133. The van der Waals surface area contributed by atoms with Gasteiger partial charge in [-0.15, -0.1) is 0 Å². The predicted octanol–water partition coefficient (Wildman–Crippen LogP) is 3.39. The van der Waals surface area contributed by atoms with Crippen LogP contribution in [0.2, 0.25) is 0 Å². The first-order chi connectivity index (χ1) is 8.90. The predicted molar refractivity (Wildman–Crippen MR) is 70.1 cm³/mol. The molecule has 0 saturated heterocycles. The molecular formula is C15H13F2NO. The highest BCUT2D eigenvalue weighted by Gasteiger charge is 2.18. The third-order valence-corrected chi connectivity index (χ3v) is 2.98. The van der Waals surface area contributed by atoms with Gasteiger partial charge in [0.2, 0.25) is 0 Å². The minimum atomic E-state index is -0.499. The van der Waals surface area contributed by atoms with E-state index >= 15 is 0 Å². The number of nitrogen functional groups attached to an aromatic ring is 1. The summed E-state index contributed by atoms with van der Waals surface area (Å²) in [5.74, 6) is -1.22. The molecule has 4 heteroatoms. The highest BCUT2D eigenvalue weighted by molar-refractivity contribution is 6.13. The van der Waals surface area contributed by atoms with E-state index in [2.05, 4.69) is 0 Å². The Morgan fingerprint density at radius 1 is 1.00 bits per heavy atom. The number of aryl methyl sites for hydroxylation is 2. The van der Waals surface area contributed by atoms with Crippen LogP contribution in [0.1, 0.15) is 27.0 Å². The number of benzene rings is 2. The molecule has 0 fully saturated rings. The van der Waals surface area contributed by atoms with E-state index in [9.17, 15) is 13.6 Å². The first-order valence-corrected chi connectivity index (χ1v) is 5.76. The zero-order valence-electron chi connectivity index (χ0n) is 10.6. The van der Waals surface area contributed by atoms with Gasteiger partial charge in [-0.05, 0) is 55.3 Å². The van der Waals surface area contributed by atoms with Gasteiger partial charge in [-0.25, -0.2) is 8.78 Å². The Labute approximate surface area is 109 Å². The number of carbonyl (C=O) groups is 1. The minimum absolute atomic E-state index is 0.0770.